The molecule has 2 fully saturated rings. The highest BCUT2D eigenvalue weighted by Crippen LogP contribution is 2.55. The van der Waals surface area contributed by atoms with Gasteiger partial charge in [-0.1, -0.05) is 33.1 Å². The molecule has 2 saturated carbocycles. The summed E-state index contributed by atoms with van der Waals surface area (Å²) in [5.74, 6) is 0.745. The molecule has 2 unspecified atom stereocenters. The predicted molar refractivity (Wildman–Crippen MR) is 69.0 cm³/mol. The average molecular weight is 245 g/mol. The molecular weight excluding hydrogens is 220 g/mol. The fourth-order valence-corrected chi connectivity index (χ4v) is 3.74. The van der Waals surface area contributed by atoms with Crippen LogP contribution in [0.15, 0.2) is 0 Å². The van der Waals surface area contributed by atoms with Crippen LogP contribution in [-0.2, 0) is 4.74 Å². The lowest BCUT2D eigenvalue weighted by molar-refractivity contribution is -0.126. The molecule has 0 bridgehead atoms. The van der Waals surface area contributed by atoms with Gasteiger partial charge in [-0.15, -0.1) is 11.6 Å². The monoisotopic (exact) mass is 244 g/mol. The van der Waals surface area contributed by atoms with E-state index in [0.29, 0.717) is 16.9 Å². The summed E-state index contributed by atoms with van der Waals surface area (Å²) < 4.78 is 6.07. The van der Waals surface area contributed by atoms with E-state index in [1.54, 1.807) is 0 Å². The Morgan fingerprint density at radius 1 is 1.25 bits per heavy atom. The van der Waals surface area contributed by atoms with E-state index < -0.39 is 0 Å². The average Bonchev–Trinajstić information content (AvgIpc) is 2.29. The van der Waals surface area contributed by atoms with Crippen molar-refractivity contribution in [2.45, 2.75) is 70.3 Å². The number of ether oxygens (including phenoxy) is 1. The zero-order valence-corrected chi connectivity index (χ0v) is 11.4. The maximum atomic E-state index is 6.44. The molecule has 2 rings (SSSR count). The zero-order chi connectivity index (χ0) is 11.6. The summed E-state index contributed by atoms with van der Waals surface area (Å²) >= 11 is 6.44. The molecule has 2 aliphatic carbocycles. The summed E-state index contributed by atoms with van der Waals surface area (Å²) in [5.41, 5.74) is 0.358. The summed E-state index contributed by atoms with van der Waals surface area (Å²) in [7, 11) is 0. The molecule has 0 amide bonds. The number of hydrogen-bond acceptors (Lipinski definition) is 1. The molecule has 2 heteroatoms. The molecule has 16 heavy (non-hydrogen) atoms. The second-order valence-electron chi connectivity index (χ2n) is 6.04. The highest BCUT2D eigenvalue weighted by Gasteiger charge is 2.54. The molecule has 0 aromatic heterocycles. The van der Waals surface area contributed by atoms with Crippen molar-refractivity contribution >= 4 is 11.6 Å². The van der Waals surface area contributed by atoms with E-state index in [1.807, 2.05) is 0 Å². The first-order chi connectivity index (χ1) is 7.65. The van der Waals surface area contributed by atoms with Crippen molar-refractivity contribution in [2.24, 2.45) is 11.3 Å². The zero-order valence-electron chi connectivity index (χ0n) is 10.7. The summed E-state index contributed by atoms with van der Waals surface area (Å²) in [6, 6.07) is 0. The van der Waals surface area contributed by atoms with E-state index in [0.717, 1.165) is 18.9 Å². The van der Waals surface area contributed by atoms with Gasteiger partial charge in [0.15, 0.2) is 0 Å². The second kappa shape index (κ2) is 5.27. The van der Waals surface area contributed by atoms with Crippen LogP contribution in [0.4, 0.5) is 0 Å². The van der Waals surface area contributed by atoms with Crippen LogP contribution in [0, 0.1) is 11.3 Å². The highest BCUT2D eigenvalue weighted by molar-refractivity contribution is 6.21. The molecule has 0 heterocycles. The van der Waals surface area contributed by atoms with Crippen molar-refractivity contribution in [3.05, 3.63) is 0 Å². The third-order valence-electron chi connectivity index (χ3n) is 4.48. The van der Waals surface area contributed by atoms with Crippen LogP contribution < -0.4 is 0 Å². The van der Waals surface area contributed by atoms with Crippen LogP contribution in [-0.4, -0.2) is 18.1 Å². The maximum Gasteiger partial charge on any atom is 0.0659 e. The van der Waals surface area contributed by atoms with Gasteiger partial charge in [0.1, 0.15) is 0 Å². The lowest BCUT2D eigenvalue weighted by atomic mass is 9.58. The maximum absolute atomic E-state index is 6.44. The van der Waals surface area contributed by atoms with Crippen molar-refractivity contribution in [1.29, 1.82) is 0 Å². The first kappa shape index (κ1) is 12.7. The Kier molecular flexibility index (Phi) is 4.18. The van der Waals surface area contributed by atoms with Gasteiger partial charge in [-0.3, -0.25) is 0 Å². The normalized spacial score (nSPS) is 33.0. The molecule has 0 radical (unpaired) electrons. The topological polar surface area (TPSA) is 9.23 Å². The summed E-state index contributed by atoms with van der Waals surface area (Å²) in [6.45, 7) is 5.43. The summed E-state index contributed by atoms with van der Waals surface area (Å²) in [5, 5.41) is 0.386. The van der Waals surface area contributed by atoms with Crippen molar-refractivity contribution in [3.8, 4) is 0 Å². The van der Waals surface area contributed by atoms with E-state index in [1.165, 1.54) is 38.5 Å². The van der Waals surface area contributed by atoms with Crippen LogP contribution in [0.25, 0.3) is 0 Å². The molecule has 2 atom stereocenters. The molecule has 1 spiro atoms. The minimum atomic E-state index is 0.358. The SMILES string of the molecule is CC(C)CCOC1CC(Cl)C12CCCCC2. The summed E-state index contributed by atoms with van der Waals surface area (Å²) in [4.78, 5) is 0. The van der Waals surface area contributed by atoms with E-state index in [9.17, 15) is 0 Å². The standard InChI is InChI=1S/C14H25ClO/c1-11(2)6-9-16-13-10-12(15)14(13)7-4-3-5-8-14/h11-13H,3-10H2,1-2H3. The molecule has 0 N–H and O–H groups in total. The quantitative estimate of drug-likeness (QED) is 0.667. The molecule has 0 saturated heterocycles. The van der Waals surface area contributed by atoms with E-state index in [4.69, 9.17) is 16.3 Å². The van der Waals surface area contributed by atoms with Gasteiger partial charge in [0.05, 0.1) is 6.10 Å². The Bertz CT molecular complexity index is 221. The second-order valence-corrected chi connectivity index (χ2v) is 6.57. The third kappa shape index (κ3) is 2.41. The first-order valence-corrected chi connectivity index (χ1v) is 7.34. The Hall–Kier alpha value is 0.250. The van der Waals surface area contributed by atoms with Crippen LogP contribution >= 0.6 is 11.6 Å². The van der Waals surface area contributed by atoms with Gasteiger partial charge in [0, 0.05) is 17.4 Å². The fraction of sp³-hybridized carbons (Fsp3) is 1.00. The molecule has 94 valence electrons. The Morgan fingerprint density at radius 3 is 2.50 bits per heavy atom. The third-order valence-corrected chi connectivity index (χ3v) is 5.10. The lowest BCUT2D eigenvalue weighted by Gasteiger charge is -2.55. The van der Waals surface area contributed by atoms with Crippen LogP contribution in [0.5, 0.6) is 0 Å². The largest absolute Gasteiger partial charge is 0.378 e. The smallest absolute Gasteiger partial charge is 0.0659 e. The minimum absolute atomic E-state index is 0.358. The van der Waals surface area contributed by atoms with Crippen LogP contribution in [0.3, 0.4) is 0 Å². The van der Waals surface area contributed by atoms with Crippen molar-refractivity contribution in [1.82, 2.24) is 0 Å². The van der Waals surface area contributed by atoms with Crippen molar-refractivity contribution in [3.63, 3.8) is 0 Å². The van der Waals surface area contributed by atoms with Crippen LogP contribution in [0.2, 0.25) is 0 Å². The number of alkyl halides is 1. The number of halogens is 1. The molecule has 1 nitrogen and oxygen atoms in total. The number of rotatable bonds is 4. The van der Waals surface area contributed by atoms with Gasteiger partial charge in [-0.25, -0.2) is 0 Å². The van der Waals surface area contributed by atoms with E-state index in [-0.39, 0.29) is 0 Å². The van der Waals surface area contributed by atoms with Crippen LogP contribution in [0.1, 0.15) is 58.8 Å². The lowest BCUT2D eigenvalue weighted by Crippen LogP contribution is -2.56. The highest BCUT2D eigenvalue weighted by atomic mass is 35.5. The van der Waals surface area contributed by atoms with Gasteiger partial charge in [0.2, 0.25) is 0 Å². The summed E-state index contributed by atoms with van der Waals surface area (Å²) in [6.07, 6.45) is 9.43. The predicted octanol–water partition coefficient (Wildman–Crippen LogP) is 4.38. The molecular formula is C14H25ClO. The van der Waals surface area contributed by atoms with Crippen molar-refractivity contribution < 1.29 is 4.74 Å². The molecule has 0 aliphatic heterocycles. The molecule has 2 aliphatic rings. The van der Waals surface area contributed by atoms with Crippen molar-refractivity contribution in [2.75, 3.05) is 6.61 Å². The Labute approximate surface area is 105 Å². The fourth-order valence-electron chi connectivity index (χ4n) is 3.22. The van der Waals surface area contributed by atoms with E-state index >= 15 is 0 Å². The Balaban J connectivity index is 1.81. The Morgan fingerprint density at radius 2 is 1.94 bits per heavy atom. The first-order valence-electron chi connectivity index (χ1n) is 6.91. The van der Waals surface area contributed by atoms with Gasteiger partial charge in [-0.2, -0.15) is 0 Å². The van der Waals surface area contributed by atoms with Gasteiger partial charge >= 0.3 is 0 Å². The van der Waals surface area contributed by atoms with Gasteiger partial charge in [-0.05, 0) is 31.6 Å². The van der Waals surface area contributed by atoms with Gasteiger partial charge in [0.25, 0.3) is 0 Å². The van der Waals surface area contributed by atoms with E-state index in [2.05, 4.69) is 13.8 Å². The number of hydrogen-bond donors (Lipinski definition) is 0. The molecule has 0 aromatic rings. The molecule has 0 aromatic carbocycles. The van der Waals surface area contributed by atoms with Gasteiger partial charge < -0.3 is 4.74 Å². The minimum Gasteiger partial charge on any atom is -0.378 e.